The lowest BCUT2D eigenvalue weighted by atomic mass is 9.86. The molecule has 0 bridgehead atoms. The first-order valence-electron chi connectivity index (χ1n) is 13.7. The number of para-hydroxylation sites is 1. The standard InChI is InChI=1S/C32H35F2N3O2/c1-2-20-10-11-22-6-5-9-29(27(22)14-20)36-19-31(38)30(15-21-12-24(33)17-25(34)13-21)37-32(39)16-23-18-35-28-8-4-3-7-26(23)28/h3-4,7-8,10-14,17-18,29-31,35-36,38H,2,5-6,9,15-16,19H2,1H3,(H,37,39)/t29-,30+,31+/m1/s1. The number of benzene rings is 3. The highest BCUT2D eigenvalue weighted by molar-refractivity contribution is 5.89. The van der Waals surface area contributed by atoms with E-state index in [1.807, 2.05) is 30.5 Å². The molecule has 0 aliphatic heterocycles. The molecule has 1 aromatic heterocycles. The Balaban J connectivity index is 1.31. The third-order valence-corrected chi connectivity index (χ3v) is 7.72. The van der Waals surface area contributed by atoms with Crippen LogP contribution in [-0.2, 0) is 30.5 Å². The molecule has 1 aliphatic rings. The highest BCUT2D eigenvalue weighted by Crippen LogP contribution is 2.31. The van der Waals surface area contributed by atoms with E-state index in [0.29, 0.717) is 5.56 Å². The lowest BCUT2D eigenvalue weighted by Crippen LogP contribution is -2.49. The summed E-state index contributed by atoms with van der Waals surface area (Å²) in [6, 6.07) is 17.0. The fourth-order valence-corrected chi connectivity index (χ4v) is 5.66. The number of fused-ring (bicyclic) bond motifs is 2. The van der Waals surface area contributed by atoms with Gasteiger partial charge in [0.2, 0.25) is 5.91 Å². The van der Waals surface area contributed by atoms with Crippen molar-refractivity contribution in [3.8, 4) is 0 Å². The van der Waals surface area contributed by atoms with Crippen molar-refractivity contribution in [1.29, 1.82) is 0 Å². The van der Waals surface area contributed by atoms with Gasteiger partial charge in [0, 0.05) is 35.8 Å². The summed E-state index contributed by atoms with van der Waals surface area (Å²) in [5, 5.41) is 18.7. The number of amides is 1. The maximum atomic E-state index is 13.9. The minimum Gasteiger partial charge on any atom is -0.390 e. The van der Waals surface area contributed by atoms with Crippen molar-refractivity contribution in [2.75, 3.05) is 6.54 Å². The molecule has 0 saturated heterocycles. The molecule has 39 heavy (non-hydrogen) atoms. The zero-order chi connectivity index (χ0) is 27.4. The lowest BCUT2D eigenvalue weighted by Gasteiger charge is -2.30. The highest BCUT2D eigenvalue weighted by Gasteiger charge is 2.26. The van der Waals surface area contributed by atoms with Crippen LogP contribution in [0.25, 0.3) is 10.9 Å². The van der Waals surface area contributed by atoms with E-state index in [0.717, 1.165) is 48.2 Å². The van der Waals surface area contributed by atoms with Crippen LogP contribution >= 0.6 is 0 Å². The Morgan fingerprint density at radius 3 is 2.67 bits per heavy atom. The summed E-state index contributed by atoms with van der Waals surface area (Å²) in [5.41, 5.74) is 6.02. The Labute approximate surface area is 227 Å². The zero-order valence-electron chi connectivity index (χ0n) is 22.1. The van der Waals surface area contributed by atoms with Crippen LogP contribution in [0.2, 0.25) is 0 Å². The maximum Gasteiger partial charge on any atom is 0.224 e. The Hall–Kier alpha value is -3.55. The molecular formula is C32H35F2N3O2. The molecule has 1 aliphatic carbocycles. The number of nitrogens with one attached hydrogen (secondary N) is 3. The van der Waals surface area contributed by atoms with E-state index in [1.165, 1.54) is 28.8 Å². The molecule has 0 saturated carbocycles. The molecule has 5 rings (SSSR count). The van der Waals surface area contributed by atoms with Gasteiger partial charge in [-0.2, -0.15) is 0 Å². The summed E-state index contributed by atoms with van der Waals surface area (Å²) in [6.07, 6.45) is 5.06. The largest absolute Gasteiger partial charge is 0.390 e. The third-order valence-electron chi connectivity index (χ3n) is 7.72. The number of H-pyrrole nitrogens is 1. The van der Waals surface area contributed by atoms with Gasteiger partial charge in [0.05, 0.1) is 18.6 Å². The van der Waals surface area contributed by atoms with E-state index in [2.05, 4.69) is 40.7 Å². The molecule has 4 aromatic rings. The van der Waals surface area contributed by atoms with Crippen LogP contribution in [0.1, 0.15) is 53.6 Å². The number of halogens is 2. The predicted octanol–water partition coefficient (Wildman–Crippen LogP) is 5.31. The van der Waals surface area contributed by atoms with Crippen molar-refractivity contribution < 1.29 is 18.7 Å². The molecule has 1 heterocycles. The first-order chi connectivity index (χ1) is 18.9. The fraction of sp³-hybridized carbons (Fsp3) is 0.344. The molecule has 4 N–H and O–H groups in total. The normalized spacial score (nSPS) is 16.6. The molecule has 0 unspecified atom stereocenters. The van der Waals surface area contributed by atoms with E-state index in [4.69, 9.17) is 0 Å². The van der Waals surface area contributed by atoms with Crippen molar-refractivity contribution in [3.63, 3.8) is 0 Å². The number of hydrogen-bond donors (Lipinski definition) is 4. The van der Waals surface area contributed by atoms with Gasteiger partial charge in [-0.3, -0.25) is 4.79 Å². The summed E-state index contributed by atoms with van der Waals surface area (Å²) < 4.78 is 27.9. The van der Waals surface area contributed by atoms with Crippen LogP contribution in [0.4, 0.5) is 8.78 Å². The number of aliphatic hydroxyl groups is 1. The van der Waals surface area contributed by atoms with Gasteiger partial charge in [-0.1, -0.05) is 43.3 Å². The Kier molecular flexibility index (Phi) is 8.38. The van der Waals surface area contributed by atoms with Crippen molar-refractivity contribution >= 4 is 16.8 Å². The number of rotatable bonds is 10. The van der Waals surface area contributed by atoms with Crippen LogP contribution in [0.5, 0.6) is 0 Å². The molecule has 5 nitrogen and oxygen atoms in total. The first-order valence-corrected chi connectivity index (χ1v) is 13.7. The van der Waals surface area contributed by atoms with E-state index in [9.17, 15) is 18.7 Å². The van der Waals surface area contributed by atoms with Crippen LogP contribution in [0.3, 0.4) is 0 Å². The molecular weight excluding hydrogens is 496 g/mol. The highest BCUT2D eigenvalue weighted by atomic mass is 19.1. The molecule has 7 heteroatoms. The fourth-order valence-electron chi connectivity index (χ4n) is 5.66. The molecule has 3 atom stereocenters. The Bertz CT molecular complexity index is 1430. The summed E-state index contributed by atoms with van der Waals surface area (Å²) >= 11 is 0. The molecule has 0 fully saturated rings. The number of carbonyl (C=O) groups is 1. The monoisotopic (exact) mass is 531 g/mol. The zero-order valence-corrected chi connectivity index (χ0v) is 22.1. The van der Waals surface area contributed by atoms with Crippen LogP contribution in [0, 0.1) is 11.6 Å². The van der Waals surface area contributed by atoms with E-state index < -0.39 is 23.8 Å². The predicted molar refractivity (Wildman–Crippen MR) is 150 cm³/mol. The van der Waals surface area contributed by atoms with Crippen molar-refractivity contribution in [2.45, 2.75) is 63.6 Å². The average molecular weight is 532 g/mol. The van der Waals surface area contributed by atoms with Crippen LogP contribution < -0.4 is 10.6 Å². The number of carbonyl (C=O) groups excluding carboxylic acids is 1. The van der Waals surface area contributed by atoms with Gasteiger partial charge in [-0.15, -0.1) is 0 Å². The van der Waals surface area contributed by atoms with Gasteiger partial charge in [-0.05, 0) is 78.1 Å². The van der Waals surface area contributed by atoms with Crippen LogP contribution in [-0.4, -0.2) is 34.7 Å². The first kappa shape index (κ1) is 27.0. The van der Waals surface area contributed by atoms with Crippen molar-refractivity contribution in [3.05, 3.63) is 106 Å². The van der Waals surface area contributed by atoms with Gasteiger partial charge >= 0.3 is 0 Å². The Morgan fingerprint density at radius 1 is 1.08 bits per heavy atom. The molecule has 204 valence electrons. The van der Waals surface area contributed by atoms with Crippen molar-refractivity contribution in [1.82, 2.24) is 15.6 Å². The second-order valence-corrected chi connectivity index (χ2v) is 10.5. The second-order valence-electron chi connectivity index (χ2n) is 10.5. The number of aromatic amines is 1. The number of aromatic nitrogens is 1. The van der Waals surface area contributed by atoms with Gasteiger partial charge in [0.25, 0.3) is 0 Å². The molecule has 1 amide bonds. The topological polar surface area (TPSA) is 77.2 Å². The lowest BCUT2D eigenvalue weighted by molar-refractivity contribution is -0.122. The van der Waals surface area contributed by atoms with Gasteiger partial charge < -0.3 is 20.7 Å². The van der Waals surface area contributed by atoms with Gasteiger partial charge in [0.1, 0.15) is 11.6 Å². The minimum atomic E-state index is -0.969. The number of aliphatic hydroxyl groups excluding tert-OH is 1. The quantitative estimate of drug-likeness (QED) is 0.224. The smallest absolute Gasteiger partial charge is 0.224 e. The summed E-state index contributed by atoms with van der Waals surface area (Å²) in [6.45, 7) is 2.37. The van der Waals surface area contributed by atoms with Gasteiger partial charge in [-0.25, -0.2) is 8.78 Å². The molecule has 0 radical (unpaired) electrons. The average Bonchev–Trinajstić information content (AvgIpc) is 3.33. The second kappa shape index (κ2) is 12.1. The SMILES string of the molecule is CCc1ccc2c(c1)[C@H](NC[C@H](O)[C@H](Cc1cc(F)cc(F)c1)NC(=O)Cc1c[nH]c3ccccc13)CCC2. The van der Waals surface area contributed by atoms with Crippen LogP contribution in [0.15, 0.2) is 66.9 Å². The summed E-state index contributed by atoms with van der Waals surface area (Å²) in [4.78, 5) is 16.3. The number of hydrogen-bond acceptors (Lipinski definition) is 3. The minimum absolute atomic E-state index is 0.0956. The molecule has 3 aromatic carbocycles. The van der Waals surface area contributed by atoms with E-state index >= 15 is 0 Å². The summed E-state index contributed by atoms with van der Waals surface area (Å²) in [5.74, 6) is -1.64. The van der Waals surface area contributed by atoms with E-state index in [-0.39, 0.29) is 31.3 Å². The van der Waals surface area contributed by atoms with E-state index in [1.54, 1.807) is 0 Å². The Morgan fingerprint density at radius 2 is 1.87 bits per heavy atom. The maximum absolute atomic E-state index is 13.9. The third kappa shape index (κ3) is 6.54. The summed E-state index contributed by atoms with van der Waals surface area (Å²) in [7, 11) is 0. The molecule has 0 spiro atoms. The number of aryl methyl sites for hydroxylation is 2. The van der Waals surface area contributed by atoms with Gasteiger partial charge in [0.15, 0.2) is 0 Å². The van der Waals surface area contributed by atoms with Crippen molar-refractivity contribution in [2.24, 2.45) is 0 Å².